The van der Waals surface area contributed by atoms with Crippen molar-refractivity contribution in [2.24, 2.45) is 5.73 Å². The molecule has 0 saturated heterocycles. The van der Waals surface area contributed by atoms with Crippen LogP contribution < -0.4 is 5.73 Å². The van der Waals surface area contributed by atoms with Crippen LogP contribution in [-0.2, 0) is 6.54 Å². The lowest BCUT2D eigenvalue weighted by Gasteiger charge is -2.03. The fourth-order valence-corrected chi connectivity index (χ4v) is 2.28. The predicted molar refractivity (Wildman–Crippen MR) is 64.9 cm³/mol. The molecule has 0 aliphatic heterocycles. The maximum absolute atomic E-state index is 12.7. The minimum absolute atomic E-state index is 0.208. The van der Waals surface area contributed by atoms with Crippen molar-refractivity contribution in [3.8, 4) is 0 Å². The molecule has 1 nitrogen and oxygen atoms in total. The van der Waals surface area contributed by atoms with Gasteiger partial charge >= 0.3 is 0 Å². The number of rotatable bonds is 3. The highest BCUT2D eigenvalue weighted by molar-refractivity contribution is 7.99. The van der Waals surface area contributed by atoms with E-state index in [9.17, 15) is 4.39 Å². The van der Waals surface area contributed by atoms with Crippen molar-refractivity contribution in [1.29, 1.82) is 0 Å². The van der Waals surface area contributed by atoms with Crippen LogP contribution >= 0.6 is 11.8 Å². The highest BCUT2D eigenvalue weighted by Gasteiger charge is 1.98. The van der Waals surface area contributed by atoms with Crippen molar-refractivity contribution in [3.63, 3.8) is 0 Å². The van der Waals surface area contributed by atoms with Crippen molar-refractivity contribution in [2.75, 3.05) is 0 Å². The van der Waals surface area contributed by atoms with Crippen LogP contribution in [0, 0.1) is 5.82 Å². The van der Waals surface area contributed by atoms with E-state index >= 15 is 0 Å². The average Bonchev–Trinajstić information content (AvgIpc) is 2.32. The SMILES string of the molecule is NCc1cccc(Sc2ccc(F)cc2)c1. The number of hydrogen-bond donors (Lipinski definition) is 1. The van der Waals surface area contributed by atoms with Crippen LogP contribution in [0.2, 0.25) is 0 Å². The van der Waals surface area contributed by atoms with Crippen molar-refractivity contribution in [1.82, 2.24) is 0 Å². The number of benzene rings is 2. The van der Waals surface area contributed by atoms with Crippen LogP contribution in [0.1, 0.15) is 5.56 Å². The molecule has 2 rings (SSSR count). The third kappa shape index (κ3) is 2.84. The zero-order valence-corrected chi connectivity index (χ0v) is 9.51. The van der Waals surface area contributed by atoms with E-state index in [0.29, 0.717) is 6.54 Å². The molecule has 0 fully saturated rings. The maximum atomic E-state index is 12.7. The van der Waals surface area contributed by atoms with Crippen LogP contribution in [0.25, 0.3) is 0 Å². The molecule has 0 aliphatic carbocycles. The summed E-state index contributed by atoms with van der Waals surface area (Å²) in [6.07, 6.45) is 0. The van der Waals surface area contributed by atoms with E-state index in [2.05, 4.69) is 0 Å². The molecule has 16 heavy (non-hydrogen) atoms. The molecule has 82 valence electrons. The summed E-state index contributed by atoms with van der Waals surface area (Å²) in [6.45, 7) is 0.540. The van der Waals surface area contributed by atoms with Gasteiger partial charge in [-0.3, -0.25) is 0 Å². The summed E-state index contributed by atoms with van der Waals surface area (Å²) >= 11 is 1.60. The van der Waals surface area contributed by atoms with E-state index in [1.165, 1.54) is 12.1 Å². The Morgan fingerprint density at radius 2 is 1.75 bits per heavy atom. The predicted octanol–water partition coefficient (Wildman–Crippen LogP) is 3.44. The molecule has 0 aromatic heterocycles. The third-order valence-corrected chi connectivity index (χ3v) is 3.18. The zero-order valence-electron chi connectivity index (χ0n) is 8.69. The van der Waals surface area contributed by atoms with Crippen molar-refractivity contribution >= 4 is 11.8 Å². The van der Waals surface area contributed by atoms with E-state index in [1.54, 1.807) is 23.9 Å². The summed E-state index contributed by atoms with van der Waals surface area (Å²) in [7, 11) is 0. The van der Waals surface area contributed by atoms with Gasteiger partial charge in [-0.15, -0.1) is 0 Å². The molecule has 2 N–H and O–H groups in total. The maximum Gasteiger partial charge on any atom is 0.123 e. The van der Waals surface area contributed by atoms with Crippen molar-refractivity contribution < 1.29 is 4.39 Å². The molecule has 2 aromatic rings. The van der Waals surface area contributed by atoms with E-state index in [-0.39, 0.29) is 5.82 Å². The van der Waals surface area contributed by atoms with Gasteiger partial charge in [0.1, 0.15) is 5.82 Å². The third-order valence-electron chi connectivity index (χ3n) is 2.18. The Morgan fingerprint density at radius 3 is 2.44 bits per heavy atom. The van der Waals surface area contributed by atoms with Gasteiger partial charge in [-0.05, 0) is 42.0 Å². The van der Waals surface area contributed by atoms with E-state index in [4.69, 9.17) is 5.73 Å². The van der Waals surface area contributed by atoms with E-state index in [0.717, 1.165) is 15.4 Å². The number of hydrogen-bond acceptors (Lipinski definition) is 2. The molecule has 0 heterocycles. The van der Waals surface area contributed by atoms with E-state index in [1.807, 2.05) is 24.3 Å². The molecule has 0 amide bonds. The normalized spacial score (nSPS) is 10.4. The van der Waals surface area contributed by atoms with Gasteiger partial charge in [0, 0.05) is 16.3 Å². The topological polar surface area (TPSA) is 26.0 Å². The Balaban J connectivity index is 2.16. The molecule has 2 aromatic carbocycles. The molecule has 0 aliphatic rings. The van der Waals surface area contributed by atoms with E-state index < -0.39 is 0 Å². The minimum atomic E-state index is -0.208. The first kappa shape index (κ1) is 11.2. The lowest BCUT2D eigenvalue weighted by atomic mass is 10.2. The van der Waals surface area contributed by atoms with Crippen LogP contribution in [0.4, 0.5) is 4.39 Å². The second kappa shape index (κ2) is 5.14. The second-order valence-electron chi connectivity index (χ2n) is 3.41. The van der Waals surface area contributed by atoms with Gasteiger partial charge in [0.25, 0.3) is 0 Å². The quantitative estimate of drug-likeness (QED) is 0.878. The van der Waals surface area contributed by atoms with Crippen LogP contribution in [0.5, 0.6) is 0 Å². The van der Waals surface area contributed by atoms with Crippen molar-refractivity contribution in [3.05, 3.63) is 59.9 Å². The van der Waals surface area contributed by atoms with Crippen LogP contribution in [0.15, 0.2) is 58.3 Å². The molecule has 0 atom stereocenters. The lowest BCUT2D eigenvalue weighted by Crippen LogP contribution is -1.95. The van der Waals surface area contributed by atoms with Gasteiger partial charge < -0.3 is 5.73 Å². The summed E-state index contributed by atoms with van der Waals surface area (Å²) < 4.78 is 12.7. The molecular weight excluding hydrogens is 221 g/mol. The molecule has 0 bridgehead atoms. The Bertz CT molecular complexity index is 468. The van der Waals surface area contributed by atoms with Gasteiger partial charge in [-0.1, -0.05) is 23.9 Å². The summed E-state index contributed by atoms with van der Waals surface area (Å²) in [5.41, 5.74) is 6.68. The van der Waals surface area contributed by atoms with Gasteiger partial charge in [-0.25, -0.2) is 4.39 Å². The molecule has 3 heteroatoms. The minimum Gasteiger partial charge on any atom is -0.326 e. The molecule has 0 spiro atoms. The monoisotopic (exact) mass is 233 g/mol. The summed E-state index contributed by atoms with van der Waals surface area (Å²) in [5.74, 6) is -0.208. The largest absolute Gasteiger partial charge is 0.326 e. The standard InChI is InChI=1S/C13H12FNS/c14-11-4-6-12(7-5-11)16-13-3-1-2-10(8-13)9-15/h1-8H,9,15H2. The number of nitrogens with two attached hydrogens (primary N) is 1. The zero-order chi connectivity index (χ0) is 11.4. The first-order valence-electron chi connectivity index (χ1n) is 5.00. The lowest BCUT2D eigenvalue weighted by molar-refractivity contribution is 0.626. The Morgan fingerprint density at radius 1 is 1.00 bits per heavy atom. The summed E-state index contributed by atoms with van der Waals surface area (Å²) in [4.78, 5) is 2.14. The van der Waals surface area contributed by atoms with Crippen LogP contribution in [-0.4, -0.2) is 0 Å². The van der Waals surface area contributed by atoms with Gasteiger partial charge in [0.15, 0.2) is 0 Å². The Hall–Kier alpha value is -1.32. The van der Waals surface area contributed by atoms with Crippen LogP contribution in [0.3, 0.4) is 0 Å². The first-order valence-corrected chi connectivity index (χ1v) is 5.82. The smallest absolute Gasteiger partial charge is 0.123 e. The fraction of sp³-hybridized carbons (Fsp3) is 0.0769. The van der Waals surface area contributed by atoms with Crippen molar-refractivity contribution in [2.45, 2.75) is 16.3 Å². The highest BCUT2D eigenvalue weighted by Crippen LogP contribution is 2.28. The van der Waals surface area contributed by atoms with Gasteiger partial charge in [-0.2, -0.15) is 0 Å². The van der Waals surface area contributed by atoms with Gasteiger partial charge in [0.05, 0.1) is 0 Å². The fourth-order valence-electron chi connectivity index (χ4n) is 1.37. The first-order chi connectivity index (χ1) is 7.78. The molecule has 0 saturated carbocycles. The van der Waals surface area contributed by atoms with Gasteiger partial charge in [0.2, 0.25) is 0 Å². The summed E-state index contributed by atoms with van der Waals surface area (Å²) in [5, 5.41) is 0. The Kier molecular flexibility index (Phi) is 3.59. The second-order valence-corrected chi connectivity index (χ2v) is 4.55. The molecule has 0 radical (unpaired) electrons. The molecule has 0 unspecified atom stereocenters. The average molecular weight is 233 g/mol. The Labute approximate surface area is 98.5 Å². The number of halogens is 1. The highest BCUT2D eigenvalue weighted by atomic mass is 32.2. The summed E-state index contributed by atoms with van der Waals surface area (Å²) in [6, 6.07) is 14.5. The molecular formula is C13H12FNS.